The summed E-state index contributed by atoms with van der Waals surface area (Å²) in [7, 11) is 0. The fourth-order valence-corrected chi connectivity index (χ4v) is 2.78. The first-order chi connectivity index (χ1) is 13.5. The van der Waals surface area contributed by atoms with Crippen molar-refractivity contribution >= 4 is 28.9 Å². The first kappa shape index (κ1) is 19.0. The van der Waals surface area contributed by atoms with E-state index in [0.29, 0.717) is 5.75 Å². The Morgan fingerprint density at radius 1 is 1.04 bits per heavy atom. The Bertz CT molecular complexity index is 984. The number of ether oxygens (including phenoxy) is 1. The van der Waals surface area contributed by atoms with Crippen LogP contribution in [0, 0.1) is 0 Å². The maximum Gasteiger partial charge on any atom is 0.413 e. The van der Waals surface area contributed by atoms with Crippen LogP contribution in [0.1, 0.15) is 5.56 Å². The second-order valence-electron chi connectivity index (χ2n) is 6.07. The third kappa shape index (κ3) is 4.88. The highest BCUT2D eigenvalue weighted by atomic mass is 16.6. The van der Waals surface area contributed by atoms with E-state index in [4.69, 9.17) is 9.84 Å². The van der Waals surface area contributed by atoms with Gasteiger partial charge in [-0.3, -0.25) is 9.59 Å². The van der Waals surface area contributed by atoms with Crippen molar-refractivity contribution in [2.75, 3.05) is 6.54 Å². The molecule has 0 radical (unpaired) electrons. The van der Waals surface area contributed by atoms with Crippen molar-refractivity contribution in [3.8, 4) is 5.75 Å². The van der Waals surface area contributed by atoms with E-state index in [9.17, 15) is 14.4 Å². The monoisotopic (exact) mass is 381 g/mol. The summed E-state index contributed by atoms with van der Waals surface area (Å²) < 4.78 is 5.17. The Labute approximate surface area is 160 Å². The van der Waals surface area contributed by atoms with Crippen LogP contribution in [0.4, 0.5) is 4.79 Å². The molecule has 8 nitrogen and oxygen atoms in total. The number of carboxylic acid groups (broad SMARTS) is 1. The molecule has 0 saturated carbocycles. The Hall–Kier alpha value is -3.81. The van der Waals surface area contributed by atoms with Crippen molar-refractivity contribution < 1.29 is 24.2 Å². The molecule has 0 fully saturated rings. The standard InChI is InChI=1S/C20H19N3O5/c24-18(25)12-22-19(26)17(23-20(27)28-14-6-2-1-3-7-14)10-13-11-21-16-9-5-4-8-15(13)16/h1-9,11,17,21H,10,12H2,(H,22,26)(H,23,27)(H,24,25). The molecular formula is C20H19N3O5. The van der Waals surface area contributed by atoms with Gasteiger partial charge in [0.2, 0.25) is 5.91 Å². The number of carbonyl (C=O) groups excluding carboxylic acids is 2. The minimum atomic E-state index is -1.17. The van der Waals surface area contributed by atoms with Gasteiger partial charge in [0.15, 0.2) is 0 Å². The first-order valence-electron chi connectivity index (χ1n) is 8.61. The number of hydrogen-bond acceptors (Lipinski definition) is 4. The SMILES string of the molecule is O=C(O)CNC(=O)C(Cc1c[nH]c2ccccc12)NC(=O)Oc1ccccc1. The molecule has 0 aliphatic carbocycles. The summed E-state index contributed by atoms with van der Waals surface area (Å²) in [5, 5.41) is 14.5. The second kappa shape index (κ2) is 8.72. The molecule has 1 unspecified atom stereocenters. The van der Waals surface area contributed by atoms with Gasteiger partial charge in [0.05, 0.1) is 0 Å². The van der Waals surface area contributed by atoms with Gasteiger partial charge in [-0.2, -0.15) is 0 Å². The Kier molecular flexibility index (Phi) is 5.91. The van der Waals surface area contributed by atoms with E-state index in [1.165, 1.54) is 0 Å². The van der Waals surface area contributed by atoms with Gasteiger partial charge in [-0.1, -0.05) is 36.4 Å². The highest BCUT2D eigenvalue weighted by molar-refractivity contribution is 5.90. The van der Waals surface area contributed by atoms with E-state index in [0.717, 1.165) is 16.5 Å². The summed E-state index contributed by atoms with van der Waals surface area (Å²) in [6, 6.07) is 15.0. The lowest BCUT2D eigenvalue weighted by atomic mass is 10.0. The van der Waals surface area contributed by atoms with E-state index in [-0.39, 0.29) is 6.42 Å². The largest absolute Gasteiger partial charge is 0.480 e. The number of rotatable bonds is 7. The molecule has 0 spiro atoms. The van der Waals surface area contributed by atoms with E-state index in [2.05, 4.69) is 15.6 Å². The molecule has 1 heterocycles. The molecule has 0 aliphatic rings. The summed E-state index contributed by atoms with van der Waals surface area (Å²) >= 11 is 0. The number of aliphatic carboxylic acids is 1. The number of H-pyrrole nitrogens is 1. The zero-order valence-corrected chi connectivity index (χ0v) is 14.8. The Morgan fingerprint density at radius 2 is 1.75 bits per heavy atom. The molecule has 0 aliphatic heterocycles. The predicted molar refractivity (Wildman–Crippen MR) is 102 cm³/mol. The minimum absolute atomic E-state index is 0.166. The Balaban J connectivity index is 1.75. The molecule has 3 aromatic rings. The van der Waals surface area contributed by atoms with Crippen LogP contribution in [0.25, 0.3) is 10.9 Å². The van der Waals surface area contributed by atoms with Crippen molar-refractivity contribution in [2.45, 2.75) is 12.5 Å². The van der Waals surface area contributed by atoms with Crippen LogP contribution in [-0.2, 0) is 16.0 Å². The summed E-state index contributed by atoms with van der Waals surface area (Å²) in [6.45, 7) is -0.543. The lowest BCUT2D eigenvalue weighted by Crippen LogP contribution is -2.49. The zero-order valence-electron chi connectivity index (χ0n) is 14.8. The van der Waals surface area contributed by atoms with Gasteiger partial charge in [0.1, 0.15) is 18.3 Å². The average Bonchev–Trinajstić information content (AvgIpc) is 3.09. The number of hydrogen-bond donors (Lipinski definition) is 4. The second-order valence-corrected chi connectivity index (χ2v) is 6.07. The van der Waals surface area contributed by atoms with Gasteiger partial charge in [-0.25, -0.2) is 4.79 Å². The molecular weight excluding hydrogens is 362 g/mol. The Morgan fingerprint density at radius 3 is 2.50 bits per heavy atom. The summed E-state index contributed by atoms with van der Waals surface area (Å²) in [5.41, 5.74) is 1.71. The van der Waals surface area contributed by atoms with Crippen LogP contribution < -0.4 is 15.4 Å². The lowest BCUT2D eigenvalue weighted by molar-refractivity contribution is -0.138. The smallest absolute Gasteiger partial charge is 0.413 e. The van der Waals surface area contributed by atoms with Crippen molar-refractivity contribution in [3.05, 3.63) is 66.4 Å². The summed E-state index contributed by atoms with van der Waals surface area (Å²) in [6.07, 6.45) is 1.12. The number of fused-ring (bicyclic) bond motifs is 1. The van der Waals surface area contributed by atoms with E-state index in [1.807, 2.05) is 24.3 Å². The average molecular weight is 381 g/mol. The van der Waals surface area contributed by atoms with Crippen LogP contribution in [0.3, 0.4) is 0 Å². The third-order valence-electron chi connectivity index (χ3n) is 4.08. The number of aromatic nitrogens is 1. The molecule has 2 amide bonds. The molecule has 1 atom stereocenters. The summed E-state index contributed by atoms with van der Waals surface area (Å²) in [5.74, 6) is -1.46. The number of carboxylic acids is 1. The number of benzene rings is 2. The third-order valence-corrected chi connectivity index (χ3v) is 4.08. The van der Waals surface area contributed by atoms with Crippen LogP contribution >= 0.6 is 0 Å². The fourth-order valence-electron chi connectivity index (χ4n) is 2.78. The van der Waals surface area contributed by atoms with E-state index >= 15 is 0 Å². The molecule has 1 aromatic heterocycles. The maximum atomic E-state index is 12.4. The predicted octanol–water partition coefficient (Wildman–Crippen LogP) is 2.07. The molecule has 0 saturated heterocycles. The van der Waals surface area contributed by atoms with Crippen molar-refractivity contribution in [2.24, 2.45) is 0 Å². The molecule has 4 N–H and O–H groups in total. The first-order valence-corrected chi connectivity index (χ1v) is 8.61. The van der Waals surface area contributed by atoms with Crippen LogP contribution in [0.2, 0.25) is 0 Å². The van der Waals surface area contributed by atoms with Gasteiger partial charge in [-0.15, -0.1) is 0 Å². The van der Waals surface area contributed by atoms with Gasteiger partial charge in [0, 0.05) is 23.5 Å². The zero-order chi connectivity index (χ0) is 19.9. The number of amides is 2. The number of aromatic amines is 1. The quantitative estimate of drug-likeness (QED) is 0.499. The molecule has 0 bridgehead atoms. The lowest BCUT2D eigenvalue weighted by Gasteiger charge is -2.17. The number of para-hydroxylation sites is 2. The van der Waals surface area contributed by atoms with Crippen LogP contribution in [-0.4, -0.2) is 40.6 Å². The molecule has 8 heteroatoms. The normalized spacial score (nSPS) is 11.6. The van der Waals surface area contributed by atoms with Gasteiger partial charge < -0.3 is 25.5 Å². The molecule has 3 rings (SSSR count). The highest BCUT2D eigenvalue weighted by Crippen LogP contribution is 2.19. The van der Waals surface area contributed by atoms with Crippen molar-refractivity contribution in [3.63, 3.8) is 0 Å². The van der Waals surface area contributed by atoms with Gasteiger partial charge in [-0.05, 0) is 23.8 Å². The van der Waals surface area contributed by atoms with Crippen LogP contribution in [0.15, 0.2) is 60.8 Å². The maximum absolute atomic E-state index is 12.4. The van der Waals surface area contributed by atoms with Gasteiger partial charge in [0.25, 0.3) is 0 Å². The minimum Gasteiger partial charge on any atom is -0.480 e. The van der Waals surface area contributed by atoms with E-state index < -0.39 is 30.6 Å². The van der Waals surface area contributed by atoms with Gasteiger partial charge >= 0.3 is 12.1 Å². The van der Waals surface area contributed by atoms with Crippen molar-refractivity contribution in [1.82, 2.24) is 15.6 Å². The topological polar surface area (TPSA) is 121 Å². The van der Waals surface area contributed by atoms with Crippen LogP contribution in [0.5, 0.6) is 5.75 Å². The number of carbonyl (C=O) groups is 3. The molecule has 2 aromatic carbocycles. The molecule has 144 valence electrons. The van der Waals surface area contributed by atoms with E-state index in [1.54, 1.807) is 36.5 Å². The highest BCUT2D eigenvalue weighted by Gasteiger charge is 2.24. The fraction of sp³-hybridized carbons (Fsp3) is 0.150. The summed E-state index contributed by atoms with van der Waals surface area (Å²) in [4.78, 5) is 38.5. The number of nitrogens with one attached hydrogen (secondary N) is 3. The van der Waals surface area contributed by atoms with Crippen molar-refractivity contribution in [1.29, 1.82) is 0 Å². The molecule has 28 heavy (non-hydrogen) atoms.